The molecule has 0 aliphatic carbocycles. The number of anilines is 1. The van der Waals surface area contributed by atoms with E-state index in [4.69, 9.17) is 9.47 Å². The first-order chi connectivity index (χ1) is 15.6. The first kappa shape index (κ1) is 25.5. The highest BCUT2D eigenvalue weighted by molar-refractivity contribution is 9.10. The Labute approximate surface area is 202 Å². The van der Waals surface area contributed by atoms with Gasteiger partial charge >= 0.3 is 0 Å². The number of hydrogen-bond acceptors (Lipinski definition) is 6. The van der Waals surface area contributed by atoms with Crippen LogP contribution in [-0.4, -0.2) is 57.6 Å². The summed E-state index contributed by atoms with van der Waals surface area (Å²) in [6.07, 6.45) is -1.20. The van der Waals surface area contributed by atoms with Crippen molar-refractivity contribution in [3.05, 3.63) is 58.6 Å². The number of methoxy groups -OCH3 is 2. The summed E-state index contributed by atoms with van der Waals surface area (Å²) < 4.78 is 39.2. The van der Waals surface area contributed by atoms with Gasteiger partial charge in [-0.25, -0.2) is 13.3 Å². The molecule has 8 nitrogen and oxygen atoms in total. The number of benzene rings is 2. The minimum absolute atomic E-state index is 0.00311. The molecule has 33 heavy (non-hydrogen) atoms. The molecular weight excluding hydrogens is 512 g/mol. The number of amides is 2. The van der Waals surface area contributed by atoms with Gasteiger partial charge in [0, 0.05) is 18.7 Å². The van der Waals surface area contributed by atoms with E-state index < -0.39 is 34.2 Å². The zero-order valence-corrected chi connectivity index (χ0v) is 21.3. The topological polar surface area (TPSA) is 93.2 Å². The number of halogens is 1. The number of hydrogen-bond donors (Lipinski definition) is 0. The van der Waals surface area contributed by atoms with E-state index in [1.165, 1.54) is 26.4 Å². The van der Waals surface area contributed by atoms with Crippen molar-refractivity contribution in [1.82, 2.24) is 4.31 Å². The van der Waals surface area contributed by atoms with Crippen molar-refractivity contribution in [2.75, 3.05) is 25.7 Å². The summed E-state index contributed by atoms with van der Waals surface area (Å²) in [5, 5.41) is 0. The Bertz CT molecular complexity index is 1100. The Hall–Kier alpha value is -2.11. The summed E-state index contributed by atoms with van der Waals surface area (Å²) in [6.45, 7) is 3.84. The molecular formula is C23H27BrN2O6S. The lowest BCUT2D eigenvalue weighted by molar-refractivity contribution is -0.125. The first-order valence-corrected chi connectivity index (χ1v) is 12.6. The van der Waals surface area contributed by atoms with Crippen LogP contribution in [0.15, 0.2) is 57.9 Å². The predicted molar refractivity (Wildman–Crippen MR) is 127 cm³/mol. The van der Waals surface area contributed by atoms with E-state index >= 15 is 0 Å². The number of rotatable bonds is 9. The Kier molecular flexibility index (Phi) is 8.07. The average molecular weight is 539 g/mol. The molecule has 3 rings (SSSR count). The lowest BCUT2D eigenvalue weighted by Crippen LogP contribution is -2.49. The van der Waals surface area contributed by atoms with Crippen molar-refractivity contribution in [1.29, 1.82) is 0 Å². The van der Waals surface area contributed by atoms with Crippen LogP contribution in [0.4, 0.5) is 5.69 Å². The number of carbonyl (C=O) groups excluding carboxylic acids is 2. The van der Waals surface area contributed by atoms with Gasteiger partial charge in [-0.15, -0.1) is 0 Å². The Balaban J connectivity index is 1.99. The van der Waals surface area contributed by atoms with Crippen LogP contribution in [0, 0.1) is 0 Å². The SMILES string of the molecule is COC(CN(C1CC(=O)N(c2ccc(C(C)C)cc2)C1=O)S(=O)(=O)c1ccc(Br)cc1)OC. The van der Waals surface area contributed by atoms with Gasteiger partial charge in [0.15, 0.2) is 6.29 Å². The van der Waals surface area contributed by atoms with Gasteiger partial charge in [-0.2, -0.15) is 4.31 Å². The van der Waals surface area contributed by atoms with Crippen molar-refractivity contribution in [2.45, 2.75) is 43.4 Å². The minimum Gasteiger partial charge on any atom is -0.354 e. The Morgan fingerprint density at radius 1 is 1.03 bits per heavy atom. The Morgan fingerprint density at radius 3 is 2.12 bits per heavy atom. The lowest BCUT2D eigenvalue weighted by atomic mass is 10.0. The van der Waals surface area contributed by atoms with Gasteiger partial charge in [0.2, 0.25) is 15.9 Å². The first-order valence-electron chi connectivity index (χ1n) is 10.4. The second-order valence-electron chi connectivity index (χ2n) is 7.96. The number of imide groups is 1. The van der Waals surface area contributed by atoms with Gasteiger partial charge in [0.05, 0.1) is 23.5 Å². The van der Waals surface area contributed by atoms with E-state index in [1.54, 1.807) is 24.3 Å². The quantitative estimate of drug-likeness (QED) is 0.358. The van der Waals surface area contributed by atoms with Crippen LogP contribution in [0.1, 0.15) is 31.7 Å². The molecule has 0 bridgehead atoms. The van der Waals surface area contributed by atoms with Crippen LogP contribution in [0.5, 0.6) is 0 Å². The van der Waals surface area contributed by atoms with Gasteiger partial charge in [0.1, 0.15) is 6.04 Å². The normalized spacial score (nSPS) is 17.1. The van der Waals surface area contributed by atoms with Crippen molar-refractivity contribution in [2.24, 2.45) is 0 Å². The molecule has 2 aromatic rings. The second-order valence-corrected chi connectivity index (χ2v) is 10.8. The van der Waals surface area contributed by atoms with Crippen LogP contribution in [-0.2, 0) is 29.1 Å². The third-order valence-electron chi connectivity index (χ3n) is 5.56. The second kappa shape index (κ2) is 10.4. The van der Waals surface area contributed by atoms with E-state index in [0.29, 0.717) is 16.1 Å². The summed E-state index contributed by atoms with van der Waals surface area (Å²) in [5.74, 6) is -0.781. The molecule has 1 heterocycles. The summed E-state index contributed by atoms with van der Waals surface area (Å²) in [7, 11) is -1.39. The van der Waals surface area contributed by atoms with Crippen LogP contribution in [0.3, 0.4) is 0 Å². The third kappa shape index (κ3) is 5.36. The zero-order valence-electron chi connectivity index (χ0n) is 18.9. The molecule has 0 saturated carbocycles. The molecule has 0 spiro atoms. The monoisotopic (exact) mass is 538 g/mol. The van der Waals surface area contributed by atoms with E-state index in [2.05, 4.69) is 15.9 Å². The van der Waals surface area contributed by atoms with Gasteiger partial charge in [-0.05, 0) is 47.9 Å². The van der Waals surface area contributed by atoms with E-state index in [1.807, 2.05) is 26.0 Å². The van der Waals surface area contributed by atoms with Gasteiger partial charge in [0.25, 0.3) is 5.91 Å². The summed E-state index contributed by atoms with van der Waals surface area (Å²) >= 11 is 3.29. The van der Waals surface area contributed by atoms with Crippen molar-refractivity contribution < 1.29 is 27.5 Å². The molecule has 1 aliphatic heterocycles. The standard InChI is InChI=1S/C23H27BrN2O6S/c1-15(2)16-5-9-18(10-6-16)26-21(27)13-20(23(26)28)25(14-22(31-3)32-4)33(29,30)19-11-7-17(24)8-12-19/h5-12,15,20,22H,13-14H2,1-4H3. The summed E-state index contributed by atoms with van der Waals surface area (Å²) in [5.41, 5.74) is 1.48. The van der Waals surface area contributed by atoms with E-state index in [9.17, 15) is 18.0 Å². The minimum atomic E-state index is -4.14. The van der Waals surface area contributed by atoms with Crippen molar-refractivity contribution in [3.63, 3.8) is 0 Å². The molecule has 1 saturated heterocycles. The molecule has 1 atom stereocenters. The zero-order chi connectivity index (χ0) is 24.3. The largest absolute Gasteiger partial charge is 0.354 e. The molecule has 0 aromatic heterocycles. The number of ether oxygens (including phenoxy) is 2. The maximum atomic E-state index is 13.5. The smallest absolute Gasteiger partial charge is 0.252 e. The molecule has 1 fully saturated rings. The molecule has 10 heteroatoms. The van der Waals surface area contributed by atoms with Gasteiger partial charge in [-0.1, -0.05) is 41.9 Å². The van der Waals surface area contributed by atoms with E-state index in [-0.39, 0.29) is 17.9 Å². The van der Waals surface area contributed by atoms with Crippen LogP contribution < -0.4 is 4.90 Å². The number of nitrogens with zero attached hydrogens (tertiary/aromatic N) is 2. The lowest BCUT2D eigenvalue weighted by Gasteiger charge is -2.29. The highest BCUT2D eigenvalue weighted by Crippen LogP contribution is 2.31. The molecule has 1 aliphatic rings. The molecule has 2 aromatic carbocycles. The fourth-order valence-electron chi connectivity index (χ4n) is 3.65. The van der Waals surface area contributed by atoms with Crippen molar-refractivity contribution >= 4 is 43.5 Å². The maximum Gasteiger partial charge on any atom is 0.252 e. The van der Waals surface area contributed by atoms with Crippen molar-refractivity contribution in [3.8, 4) is 0 Å². The third-order valence-corrected chi connectivity index (χ3v) is 7.98. The summed E-state index contributed by atoms with van der Waals surface area (Å²) in [6, 6.07) is 12.0. The molecule has 0 radical (unpaired) electrons. The highest BCUT2D eigenvalue weighted by Gasteiger charge is 2.47. The average Bonchev–Trinajstić information content (AvgIpc) is 3.08. The van der Waals surface area contributed by atoms with Crippen LogP contribution in [0.2, 0.25) is 0 Å². The fraction of sp³-hybridized carbons (Fsp3) is 0.391. The summed E-state index contributed by atoms with van der Waals surface area (Å²) in [4.78, 5) is 27.3. The Morgan fingerprint density at radius 2 is 1.61 bits per heavy atom. The maximum absolute atomic E-state index is 13.5. The van der Waals surface area contributed by atoms with Crippen LogP contribution >= 0.6 is 15.9 Å². The fourth-order valence-corrected chi connectivity index (χ4v) is 5.48. The van der Waals surface area contributed by atoms with Gasteiger partial charge in [-0.3, -0.25) is 9.59 Å². The number of carbonyl (C=O) groups is 2. The molecule has 0 N–H and O–H groups in total. The molecule has 1 unspecified atom stereocenters. The van der Waals surface area contributed by atoms with E-state index in [0.717, 1.165) is 14.8 Å². The molecule has 178 valence electrons. The predicted octanol–water partition coefficient (Wildman–Crippen LogP) is 3.51. The van der Waals surface area contributed by atoms with Crippen LogP contribution in [0.25, 0.3) is 0 Å². The van der Waals surface area contributed by atoms with Gasteiger partial charge < -0.3 is 9.47 Å². The highest BCUT2D eigenvalue weighted by atomic mass is 79.9. The number of sulfonamides is 1. The molecule has 2 amide bonds.